The predicted molar refractivity (Wildman–Crippen MR) is 103 cm³/mol. The van der Waals surface area contributed by atoms with Crippen LogP contribution in [0, 0.1) is 0 Å². The lowest BCUT2D eigenvalue weighted by molar-refractivity contribution is -0.134. The fourth-order valence-electron chi connectivity index (χ4n) is 3.25. The largest absolute Gasteiger partial charge is 0.508 e. The highest BCUT2D eigenvalue weighted by Gasteiger charge is 2.27. The van der Waals surface area contributed by atoms with E-state index in [1.807, 2.05) is 29.2 Å². The van der Waals surface area contributed by atoms with Crippen LogP contribution in [-0.2, 0) is 11.2 Å². The van der Waals surface area contributed by atoms with Gasteiger partial charge in [-0.2, -0.15) is 0 Å². The van der Waals surface area contributed by atoms with Crippen molar-refractivity contribution in [1.29, 1.82) is 0 Å². The molecule has 6 nitrogen and oxygen atoms in total. The molecule has 1 fully saturated rings. The number of methoxy groups -OCH3 is 1. The molecule has 1 aliphatic rings. The zero-order chi connectivity index (χ0) is 19.2. The molecule has 0 aliphatic carbocycles. The average molecular weight is 370 g/mol. The van der Waals surface area contributed by atoms with E-state index in [4.69, 9.17) is 15.2 Å². The lowest BCUT2D eigenvalue weighted by Crippen LogP contribution is -2.49. The Morgan fingerprint density at radius 3 is 2.30 bits per heavy atom. The number of phenolic OH excluding ortho intramolecular Hbond substituents is 1. The van der Waals surface area contributed by atoms with Crippen molar-refractivity contribution in [2.24, 2.45) is 5.73 Å². The number of nitrogens with two attached hydrogens (primary N) is 1. The van der Waals surface area contributed by atoms with Crippen LogP contribution in [0.25, 0.3) is 0 Å². The summed E-state index contributed by atoms with van der Waals surface area (Å²) < 4.78 is 11.1. The maximum absolute atomic E-state index is 12.6. The molecular weight excluding hydrogens is 344 g/mol. The number of aromatic hydroxyl groups is 1. The van der Waals surface area contributed by atoms with E-state index in [0.717, 1.165) is 29.9 Å². The second kappa shape index (κ2) is 8.77. The van der Waals surface area contributed by atoms with Crippen LogP contribution in [0.3, 0.4) is 0 Å². The number of hydrogen-bond acceptors (Lipinski definition) is 5. The number of carbonyl (C=O) groups is 1. The van der Waals surface area contributed by atoms with Crippen LogP contribution < -0.4 is 15.2 Å². The molecule has 1 atom stereocenters. The normalized spacial score (nSPS) is 16.0. The van der Waals surface area contributed by atoms with Gasteiger partial charge in [-0.05, 0) is 48.4 Å². The van der Waals surface area contributed by atoms with Crippen LogP contribution in [0.15, 0.2) is 48.5 Å². The Bertz CT molecular complexity index is 738. The van der Waals surface area contributed by atoms with Gasteiger partial charge < -0.3 is 25.2 Å². The topological polar surface area (TPSA) is 85.0 Å². The molecular formula is C21H26N2O4. The van der Waals surface area contributed by atoms with Gasteiger partial charge in [-0.15, -0.1) is 0 Å². The molecule has 1 saturated heterocycles. The van der Waals surface area contributed by atoms with Crippen LogP contribution in [0.5, 0.6) is 17.2 Å². The van der Waals surface area contributed by atoms with Crippen LogP contribution in [0.2, 0.25) is 0 Å². The monoisotopic (exact) mass is 370 g/mol. The number of piperidine rings is 1. The Balaban J connectivity index is 1.47. The number of ether oxygens (including phenoxy) is 2. The summed E-state index contributed by atoms with van der Waals surface area (Å²) in [5.74, 6) is 1.78. The van der Waals surface area contributed by atoms with Crippen LogP contribution in [0.1, 0.15) is 18.4 Å². The molecule has 6 heteroatoms. The molecule has 27 heavy (non-hydrogen) atoms. The molecule has 0 unspecified atom stereocenters. The highest BCUT2D eigenvalue weighted by atomic mass is 16.5. The molecule has 1 heterocycles. The van der Waals surface area contributed by atoms with Crippen molar-refractivity contribution in [3.63, 3.8) is 0 Å². The molecule has 0 spiro atoms. The standard InChI is InChI=1S/C21H26N2O4/c1-26-17-6-8-18(9-7-17)27-19-10-12-23(13-11-19)21(25)20(22)14-15-2-4-16(24)5-3-15/h2-9,19-20,24H,10-14,22H2,1H3/t20-/m0/s1. The van der Waals surface area contributed by atoms with Gasteiger partial charge in [0.2, 0.25) is 5.91 Å². The Morgan fingerprint density at radius 2 is 1.70 bits per heavy atom. The van der Waals surface area contributed by atoms with E-state index in [1.54, 1.807) is 31.4 Å². The number of rotatable bonds is 6. The summed E-state index contributed by atoms with van der Waals surface area (Å²) in [6.07, 6.45) is 2.12. The predicted octanol–water partition coefficient (Wildman–Crippen LogP) is 2.34. The quantitative estimate of drug-likeness (QED) is 0.815. The Kier molecular flexibility index (Phi) is 6.19. The van der Waals surface area contributed by atoms with Crippen molar-refractivity contribution < 1.29 is 19.4 Å². The highest BCUT2D eigenvalue weighted by Crippen LogP contribution is 2.22. The van der Waals surface area contributed by atoms with Gasteiger partial charge in [0.1, 0.15) is 23.4 Å². The average Bonchev–Trinajstić information content (AvgIpc) is 2.70. The van der Waals surface area contributed by atoms with Gasteiger partial charge in [-0.3, -0.25) is 4.79 Å². The van der Waals surface area contributed by atoms with Crippen molar-refractivity contribution in [3.05, 3.63) is 54.1 Å². The summed E-state index contributed by atoms with van der Waals surface area (Å²) in [7, 11) is 1.63. The Morgan fingerprint density at radius 1 is 1.11 bits per heavy atom. The van der Waals surface area contributed by atoms with Crippen molar-refractivity contribution in [2.75, 3.05) is 20.2 Å². The first-order valence-corrected chi connectivity index (χ1v) is 9.18. The van der Waals surface area contributed by atoms with Gasteiger partial charge in [-0.25, -0.2) is 0 Å². The van der Waals surface area contributed by atoms with E-state index in [2.05, 4.69) is 0 Å². The number of phenols is 1. The lowest BCUT2D eigenvalue weighted by atomic mass is 10.0. The minimum atomic E-state index is -0.575. The van der Waals surface area contributed by atoms with Gasteiger partial charge in [0.25, 0.3) is 0 Å². The molecule has 2 aromatic rings. The third-order valence-corrected chi connectivity index (χ3v) is 4.82. The van der Waals surface area contributed by atoms with Crippen molar-refractivity contribution in [1.82, 2.24) is 4.90 Å². The number of amides is 1. The minimum absolute atomic E-state index is 0.0361. The molecule has 0 aromatic heterocycles. The summed E-state index contributed by atoms with van der Waals surface area (Å²) in [6, 6.07) is 13.7. The molecule has 0 radical (unpaired) electrons. The van der Waals surface area contributed by atoms with Crippen molar-refractivity contribution in [2.45, 2.75) is 31.4 Å². The highest BCUT2D eigenvalue weighted by molar-refractivity contribution is 5.82. The molecule has 2 aromatic carbocycles. The number of hydrogen-bond donors (Lipinski definition) is 2. The van der Waals surface area contributed by atoms with Crippen LogP contribution >= 0.6 is 0 Å². The summed E-state index contributed by atoms with van der Waals surface area (Å²) in [6.45, 7) is 1.28. The molecule has 0 saturated carbocycles. The summed E-state index contributed by atoms with van der Waals surface area (Å²) >= 11 is 0. The second-order valence-electron chi connectivity index (χ2n) is 6.80. The van der Waals surface area contributed by atoms with E-state index in [-0.39, 0.29) is 17.8 Å². The van der Waals surface area contributed by atoms with E-state index in [0.29, 0.717) is 19.5 Å². The van der Waals surface area contributed by atoms with Gasteiger partial charge in [0.05, 0.1) is 13.2 Å². The molecule has 3 N–H and O–H groups in total. The Labute approximate surface area is 159 Å². The zero-order valence-corrected chi connectivity index (χ0v) is 15.5. The summed E-state index contributed by atoms with van der Waals surface area (Å²) in [5.41, 5.74) is 7.04. The first kappa shape index (κ1) is 19.0. The van der Waals surface area contributed by atoms with E-state index in [9.17, 15) is 9.90 Å². The smallest absolute Gasteiger partial charge is 0.239 e. The zero-order valence-electron chi connectivity index (χ0n) is 15.5. The maximum Gasteiger partial charge on any atom is 0.239 e. The minimum Gasteiger partial charge on any atom is -0.508 e. The fraction of sp³-hybridized carbons (Fsp3) is 0.381. The molecule has 0 bridgehead atoms. The molecule has 1 amide bonds. The van der Waals surface area contributed by atoms with Gasteiger partial charge >= 0.3 is 0 Å². The summed E-state index contributed by atoms with van der Waals surface area (Å²) in [5, 5.41) is 9.34. The van der Waals surface area contributed by atoms with E-state index in [1.165, 1.54) is 0 Å². The van der Waals surface area contributed by atoms with Gasteiger partial charge in [0, 0.05) is 25.9 Å². The third kappa shape index (κ3) is 5.14. The van der Waals surface area contributed by atoms with Gasteiger partial charge in [0.15, 0.2) is 0 Å². The van der Waals surface area contributed by atoms with Crippen molar-refractivity contribution in [3.8, 4) is 17.2 Å². The number of benzene rings is 2. The molecule has 3 rings (SSSR count). The second-order valence-corrected chi connectivity index (χ2v) is 6.80. The van der Waals surface area contributed by atoms with Crippen molar-refractivity contribution >= 4 is 5.91 Å². The number of carbonyl (C=O) groups excluding carboxylic acids is 1. The number of likely N-dealkylation sites (tertiary alicyclic amines) is 1. The lowest BCUT2D eigenvalue weighted by Gasteiger charge is -2.33. The van der Waals surface area contributed by atoms with Crippen LogP contribution in [0.4, 0.5) is 0 Å². The fourth-order valence-corrected chi connectivity index (χ4v) is 3.25. The third-order valence-electron chi connectivity index (χ3n) is 4.82. The first-order valence-electron chi connectivity index (χ1n) is 9.18. The Hall–Kier alpha value is -2.73. The van der Waals surface area contributed by atoms with Gasteiger partial charge in [-0.1, -0.05) is 12.1 Å². The van der Waals surface area contributed by atoms with Crippen LogP contribution in [-0.4, -0.2) is 48.3 Å². The molecule has 1 aliphatic heterocycles. The maximum atomic E-state index is 12.6. The first-order chi connectivity index (χ1) is 13.0. The molecule has 144 valence electrons. The van der Waals surface area contributed by atoms with E-state index >= 15 is 0 Å². The number of nitrogens with zero attached hydrogens (tertiary/aromatic N) is 1. The summed E-state index contributed by atoms with van der Waals surface area (Å²) in [4.78, 5) is 14.4. The SMILES string of the molecule is COc1ccc(OC2CCN(C(=O)[C@@H](N)Cc3ccc(O)cc3)CC2)cc1. The van der Waals surface area contributed by atoms with E-state index < -0.39 is 6.04 Å².